The number of aromatic nitrogens is 1. The standard InChI is InChI=1S/C12H15BrN2O5/c1-3-4-5-20-10(16)7-14-6-9(15(18)19)8(2)11(13)12(14)17/h6H,3-5,7H2,1-2H3. The fraction of sp³-hybridized carbons (Fsp3) is 0.500. The molecule has 0 saturated heterocycles. The molecule has 0 aromatic carbocycles. The number of pyridine rings is 1. The molecule has 0 atom stereocenters. The third-order valence-electron chi connectivity index (χ3n) is 2.70. The van der Waals surface area contributed by atoms with Gasteiger partial charge in [0.05, 0.1) is 22.2 Å². The topological polar surface area (TPSA) is 91.4 Å². The van der Waals surface area contributed by atoms with Crippen molar-refractivity contribution in [2.24, 2.45) is 0 Å². The van der Waals surface area contributed by atoms with E-state index < -0.39 is 16.5 Å². The summed E-state index contributed by atoms with van der Waals surface area (Å²) in [7, 11) is 0. The molecule has 0 bridgehead atoms. The molecule has 0 radical (unpaired) electrons. The van der Waals surface area contributed by atoms with Crippen LogP contribution in [0.3, 0.4) is 0 Å². The molecule has 0 spiro atoms. The Morgan fingerprint density at radius 3 is 2.75 bits per heavy atom. The lowest BCUT2D eigenvalue weighted by atomic mass is 10.2. The van der Waals surface area contributed by atoms with Crippen molar-refractivity contribution in [2.75, 3.05) is 6.61 Å². The van der Waals surface area contributed by atoms with Crippen LogP contribution in [0, 0.1) is 17.0 Å². The van der Waals surface area contributed by atoms with Crippen molar-refractivity contribution in [2.45, 2.75) is 33.2 Å². The molecular formula is C12H15BrN2O5. The van der Waals surface area contributed by atoms with Crippen LogP contribution < -0.4 is 5.56 Å². The Morgan fingerprint density at radius 1 is 1.55 bits per heavy atom. The monoisotopic (exact) mass is 346 g/mol. The minimum absolute atomic E-state index is 0.0769. The van der Waals surface area contributed by atoms with E-state index in [1.807, 2.05) is 6.92 Å². The van der Waals surface area contributed by atoms with Gasteiger partial charge < -0.3 is 4.74 Å². The quantitative estimate of drug-likeness (QED) is 0.340. The summed E-state index contributed by atoms with van der Waals surface area (Å²) in [6.45, 7) is 3.35. The van der Waals surface area contributed by atoms with Crippen LogP contribution in [0.5, 0.6) is 0 Å². The van der Waals surface area contributed by atoms with Crippen LogP contribution in [-0.2, 0) is 16.1 Å². The van der Waals surface area contributed by atoms with E-state index in [1.165, 1.54) is 6.92 Å². The first-order valence-corrected chi connectivity index (χ1v) is 6.87. The zero-order valence-corrected chi connectivity index (χ0v) is 12.8. The third-order valence-corrected chi connectivity index (χ3v) is 3.63. The van der Waals surface area contributed by atoms with E-state index in [0.29, 0.717) is 0 Å². The van der Waals surface area contributed by atoms with Crippen molar-refractivity contribution >= 4 is 27.6 Å². The number of hydrogen-bond acceptors (Lipinski definition) is 5. The number of carbonyl (C=O) groups excluding carboxylic acids is 1. The highest BCUT2D eigenvalue weighted by Gasteiger charge is 2.19. The lowest BCUT2D eigenvalue weighted by Gasteiger charge is -2.08. The van der Waals surface area contributed by atoms with Gasteiger partial charge in [-0.25, -0.2) is 0 Å². The van der Waals surface area contributed by atoms with Crippen LogP contribution in [0.15, 0.2) is 15.5 Å². The lowest BCUT2D eigenvalue weighted by Crippen LogP contribution is -2.26. The Balaban J connectivity index is 2.98. The molecule has 0 aliphatic carbocycles. The maximum Gasteiger partial charge on any atom is 0.326 e. The van der Waals surface area contributed by atoms with Crippen LogP contribution in [0.4, 0.5) is 5.69 Å². The Hall–Kier alpha value is -1.70. The Morgan fingerprint density at radius 2 is 2.20 bits per heavy atom. The number of unbranched alkanes of at least 4 members (excludes halogenated alkanes) is 1. The number of hydrogen-bond donors (Lipinski definition) is 0. The van der Waals surface area contributed by atoms with Gasteiger partial charge in [-0.15, -0.1) is 0 Å². The van der Waals surface area contributed by atoms with Gasteiger partial charge in [0, 0.05) is 5.56 Å². The first-order chi connectivity index (χ1) is 9.38. The van der Waals surface area contributed by atoms with Gasteiger partial charge in [-0.2, -0.15) is 0 Å². The lowest BCUT2D eigenvalue weighted by molar-refractivity contribution is -0.386. The van der Waals surface area contributed by atoms with Crippen LogP contribution in [-0.4, -0.2) is 22.1 Å². The normalized spacial score (nSPS) is 10.3. The summed E-state index contributed by atoms with van der Waals surface area (Å²) in [5.74, 6) is -0.592. The summed E-state index contributed by atoms with van der Waals surface area (Å²) in [5, 5.41) is 10.9. The summed E-state index contributed by atoms with van der Waals surface area (Å²) in [4.78, 5) is 33.8. The van der Waals surface area contributed by atoms with Crippen LogP contribution >= 0.6 is 15.9 Å². The number of ether oxygens (including phenoxy) is 1. The smallest absolute Gasteiger partial charge is 0.326 e. The van der Waals surface area contributed by atoms with Gasteiger partial charge in [-0.3, -0.25) is 24.3 Å². The summed E-state index contributed by atoms with van der Waals surface area (Å²) in [6.07, 6.45) is 2.68. The molecule has 1 aromatic rings. The number of halogens is 1. The summed E-state index contributed by atoms with van der Waals surface area (Å²) in [6, 6.07) is 0. The van der Waals surface area contributed by atoms with Crippen molar-refractivity contribution in [1.82, 2.24) is 4.57 Å². The van der Waals surface area contributed by atoms with Crippen LogP contribution in [0.2, 0.25) is 0 Å². The van der Waals surface area contributed by atoms with Crippen molar-refractivity contribution in [3.05, 3.63) is 36.7 Å². The Labute approximate surface area is 123 Å². The molecule has 1 rings (SSSR count). The zero-order chi connectivity index (χ0) is 15.3. The van der Waals surface area contributed by atoms with E-state index in [0.717, 1.165) is 23.6 Å². The fourth-order valence-electron chi connectivity index (χ4n) is 1.52. The SMILES string of the molecule is CCCCOC(=O)Cn1cc([N+](=O)[O-])c(C)c(Br)c1=O. The van der Waals surface area contributed by atoms with Gasteiger partial charge in [0.25, 0.3) is 11.2 Å². The van der Waals surface area contributed by atoms with Crippen molar-refractivity contribution in [1.29, 1.82) is 0 Å². The first-order valence-electron chi connectivity index (χ1n) is 6.08. The van der Waals surface area contributed by atoms with Crippen LogP contribution in [0.25, 0.3) is 0 Å². The molecule has 0 aliphatic heterocycles. The van der Waals surface area contributed by atoms with Gasteiger partial charge in [0.15, 0.2) is 0 Å². The van der Waals surface area contributed by atoms with E-state index in [-0.39, 0.29) is 28.9 Å². The second-order valence-corrected chi connectivity index (χ2v) is 5.01. The highest BCUT2D eigenvalue weighted by Crippen LogP contribution is 2.22. The molecule has 0 N–H and O–H groups in total. The highest BCUT2D eigenvalue weighted by atomic mass is 79.9. The molecule has 0 fully saturated rings. The molecule has 0 saturated carbocycles. The molecule has 7 nitrogen and oxygen atoms in total. The minimum atomic E-state index is -0.599. The van der Waals surface area contributed by atoms with Gasteiger partial charge in [-0.05, 0) is 29.3 Å². The van der Waals surface area contributed by atoms with E-state index in [9.17, 15) is 19.7 Å². The molecule has 20 heavy (non-hydrogen) atoms. The maximum absolute atomic E-state index is 11.9. The Kier molecular flexibility index (Phi) is 5.87. The summed E-state index contributed by atoms with van der Waals surface area (Å²) < 4.78 is 5.98. The maximum atomic E-state index is 11.9. The number of nitro groups is 1. The van der Waals surface area contributed by atoms with E-state index in [4.69, 9.17) is 4.74 Å². The summed E-state index contributed by atoms with van der Waals surface area (Å²) >= 11 is 3.01. The largest absolute Gasteiger partial charge is 0.464 e. The molecule has 0 aliphatic rings. The highest BCUT2D eigenvalue weighted by molar-refractivity contribution is 9.10. The number of rotatable bonds is 6. The molecule has 1 heterocycles. The predicted molar refractivity (Wildman–Crippen MR) is 75.7 cm³/mol. The second-order valence-electron chi connectivity index (χ2n) is 4.22. The molecule has 110 valence electrons. The Bertz CT molecular complexity index is 582. The first kappa shape index (κ1) is 16.4. The number of nitrogens with zero attached hydrogens (tertiary/aromatic N) is 2. The van der Waals surface area contributed by atoms with Crippen molar-refractivity contribution in [3.63, 3.8) is 0 Å². The third kappa shape index (κ3) is 3.89. The molecule has 8 heteroatoms. The number of carbonyl (C=O) groups is 1. The van der Waals surface area contributed by atoms with Crippen LogP contribution in [0.1, 0.15) is 25.3 Å². The average Bonchev–Trinajstić information content (AvgIpc) is 2.39. The molecule has 0 amide bonds. The van der Waals surface area contributed by atoms with E-state index >= 15 is 0 Å². The van der Waals surface area contributed by atoms with E-state index in [1.54, 1.807) is 0 Å². The van der Waals surface area contributed by atoms with Gasteiger partial charge in [-0.1, -0.05) is 13.3 Å². The molecule has 1 aromatic heterocycles. The van der Waals surface area contributed by atoms with E-state index in [2.05, 4.69) is 15.9 Å². The molecular weight excluding hydrogens is 332 g/mol. The summed E-state index contributed by atoms with van der Waals surface area (Å²) in [5.41, 5.74) is -0.492. The number of esters is 1. The van der Waals surface area contributed by atoms with Gasteiger partial charge >= 0.3 is 5.97 Å². The van der Waals surface area contributed by atoms with Crippen molar-refractivity contribution < 1.29 is 14.5 Å². The van der Waals surface area contributed by atoms with Crippen molar-refractivity contribution in [3.8, 4) is 0 Å². The minimum Gasteiger partial charge on any atom is -0.464 e. The van der Waals surface area contributed by atoms with Gasteiger partial charge in [0.1, 0.15) is 6.54 Å². The van der Waals surface area contributed by atoms with Gasteiger partial charge in [0.2, 0.25) is 0 Å². The second kappa shape index (κ2) is 7.18. The predicted octanol–water partition coefficient (Wildman–Crippen LogP) is 2.17. The molecule has 0 unspecified atom stereocenters. The average molecular weight is 347 g/mol. The zero-order valence-electron chi connectivity index (χ0n) is 11.2. The fourth-order valence-corrected chi connectivity index (χ4v) is 1.95.